The van der Waals surface area contributed by atoms with Gasteiger partial charge in [0.2, 0.25) is 23.7 Å². The molecule has 2 rings (SSSR count). The fraction of sp³-hybridized carbons (Fsp3) is 0.500. The van der Waals surface area contributed by atoms with Gasteiger partial charge in [0.15, 0.2) is 0 Å². The van der Waals surface area contributed by atoms with Gasteiger partial charge in [-0.25, -0.2) is 5.84 Å². The number of nitrogens with one attached hydrogen (secondary N) is 2. The third kappa shape index (κ3) is 3.29. The van der Waals surface area contributed by atoms with Crippen molar-refractivity contribution in [3.8, 4) is 6.01 Å². The van der Waals surface area contributed by atoms with E-state index in [4.69, 9.17) is 10.6 Å². The molecule has 1 aliphatic heterocycles. The maximum absolute atomic E-state index is 11.4. The monoisotopic (exact) mass is 281 g/mol. The highest BCUT2D eigenvalue weighted by Crippen LogP contribution is 2.16. The van der Waals surface area contributed by atoms with Crippen LogP contribution in [0.4, 0.5) is 11.9 Å². The van der Waals surface area contributed by atoms with E-state index in [0.717, 1.165) is 0 Å². The molecule has 4 N–H and O–H groups in total. The molecule has 0 atom stereocenters. The number of amides is 2. The maximum Gasteiger partial charge on any atom is 0.323 e. The van der Waals surface area contributed by atoms with Gasteiger partial charge in [-0.1, -0.05) is 0 Å². The molecule has 1 aromatic heterocycles. The Morgan fingerprint density at radius 1 is 1.25 bits per heavy atom. The van der Waals surface area contributed by atoms with Gasteiger partial charge in [0.1, 0.15) is 13.1 Å². The summed E-state index contributed by atoms with van der Waals surface area (Å²) in [6, 6.07) is 0.0661. The lowest BCUT2D eigenvalue weighted by Crippen LogP contribution is -2.52. The highest BCUT2D eigenvalue weighted by Gasteiger charge is 2.25. The molecule has 0 bridgehead atoms. The van der Waals surface area contributed by atoms with Gasteiger partial charge in [0.05, 0.1) is 6.10 Å². The molecule has 1 aliphatic rings. The zero-order valence-corrected chi connectivity index (χ0v) is 11.1. The average molecular weight is 281 g/mol. The summed E-state index contributed by atoms with van der Waals surface area (Å²) in [5, 5.41) is 2.19. The molecule has 0 spiro atoms. The number of nitrogens with two attached hydrogens (primary N) is 1. The SMILES string of the molecule is CC(C)Oc1nc(NN)nc(N2CC(=O)NC(=O)C2)n1. The molecule has 2 heterocycles. The predicted molar refractivity (Wildman–Crippen MR) is 68.8 cm³/mol. The van der Waals surface area contributed by atoms with Gasteiger partial charge in [0.25, 0.3) is 0 Å². The summed E-state index contributed by atoms with van der Waals surface area (Å²) in [7, 11) is 0. The van der Waals surface area contributed by atoms with Crippen molar-refractivity contribution in [3.63, 3.8) is 0 Å². The third-order valence-corrected chi connectivity index (χ3v) is 2.30. The van der Waals surface area contributed by atoms with E-state index in [-0.39, 0.29) is 37.1 Å². The van der Waals surface area contributed by atoms with Crippen LogP contribution in [0.15, 0.2) is 0 Å². The number of ether oxygens (including phenoxy) is 1. The molecule has 2 amide bonds. The molecule has 0 unspecified atom stereocenters. The average Bonchev–Trinajstić information content (AvgIpc) is 2.36. The smallest absolute Gasteiger partial charge is 0.323 e. The molecule has 1 aromatic rings. The number of aromatic nitrogens is 3. The quantitative estimate of drug-likeness (QED) is 0.339. The number of imide groups is 1. The molecule has 108 valence electrons. The lowest BCUT2D eigenvalue weighted by atomic mass is 10.3. The number of hydrogen-bond donors (Lipinski definition) is 3. The van der Waals surface area contributed by atoms with Crippen LogP contribution in [0.25, 0.3) is 0 Å². The number of carbonyl (C=O) groups excluding carboxylic acids is 2. The molecular weight excluding hydrogens is 266 g/mol. The Balaban J connectivity index is 2.29. The first-order valence-electron chi connectivity index (χ1n) is 5.95. The normalized spacial score (nSPS) is 15.3. The summed E-state index contributed by atoms with van der Waals surface area (Å²) < 4.78 is 5.37. The summed E-state index contributed by atoms with van der Waals surface area (Å²) >= 11 is 0. The van der Waals surface area contributed by atoms with Crippen LogP contribution in [-0.4, -0.2) is 46.0 Å². The van der Waals surface area contributed by atoms with Crippen LogP contribution >= 0.6 is 0 Å². The number of piperazine rings is 1. The topological polar surface area (TPSA) is 135 Å². The van der Waals surface area contributed by atoms with Gasteiger partial charge in [-0.2, -0.15) is 15.0 Å². The summed E-state index contributed by atoms with van der Waals surface area (Å²) in [4.78, 5) is 36.1. The molecule has 0 aliphatic carbocycles. The van der Waals surface area contributed by atoms with Gasteiger partial charge in [0, 0.05) is 0 Å². The lowest BCUT2D eigenvalue weighted by Gasteiger charge is -2.25. The standard InChI is InChI=1S/C10H15N7O3/c1-5(2)20-10-14-8(16-11)13-9(15-10)17-3-6(18)12-7(19)4-17/h5H,3-4,11H2,1-2H3,(H,12,18,19)(H,13,14,15,16). The summed E-state index contributed by atoms with van der Waals surface area (Å²) in [6.07, 6.45) is -0.137. The Kier molecular flexibility index (Phi) is 3.94. The first-order valence-corrected chi connectivity index (χ1v) is 5.95. The van der Waals surface area contributed by atoms with Crippen LogP contribution < -0.4 is 26.2 Å². The minimum Gasteiger partial charge on any atom is -0.461 e. The second-order valence-corrected chi connectivity index (χ2v) is 4.38. The molecule has 20 heavy (non-hydrogen) atoms. The molecular formula is C10H15N7O3. The van der Waals surface area contributed by atoms with Gasteiger partial charge < -0.3 is 9.64 Å². The number of carbonyl (C=O) groups is 2. The summed E-state index contributed by atoms with van der Waals surface area (Å²) in [6.45, 7) is 3.58. The van der Waals surface area contributed by atoms with Crippen molar-refractivity contribution in [2.75, 3.05) is 23.4 Å². The molecule has 0 saturated carbocycles. The van der Waals surface area contributed by atoms with Crippen molar-refractivity contribution in [1.82, 2.24) is 20.3 Å². The fourth-order valence-electron chi connectivity index (χ4n) is 1.59. The maximum atomic E-state index is 11.4. The van der Waals surface area contributed by atoms with Crippen LogP contribution in [0.3, 0.4) is 0 Å². The number of nitrogen functional groups attached to an aromatic ring is 1. The number of nitrogens with zero attached hydrogens (tertiary/aromatic N) is 4. The Hall–Kier alpha value is -2.49. The molecule has 0 radical (unpaired) electrons. The Morgan fingerprint density at radius 3 is 2.45 bits per heavy atom. The van der Waals surface area contributed by atoms with E-state index in [1.165, 1.54) is 4.90 Å². The number of rotatable bonds is 4. The molecule has 0 aromatic carbocycles. The third-order valence-electron chi connectivity index (χ3n) is 2.30. The molecule has 10 nitrogen and oxygen atoms in total. The Bertz CT molecular complexity index is 518. The highest BCUT2D eigenvalue weighted by molar-refractivity contribution is 6.02. The van der Waals surface area contributed by atoms with Crippen LogP contribution in [0.1, 0.15) is 13.8 Å². The highest BCUT2D eigenvalue weighted by atomic mass is 16.5. The molecule has 10 heteroatoms. The Morgan fingerprint density at radius 2 is 1.90 bits per heavy atom. The van der Waals surface area contributed by atoms with Gasteiger partial charge >= 0.3 is 6.01 Å². The zero-order valence-electron chi connectivity index (χ0n) is 11.1. The minimum atomic E-state index is -0.421. The van der Waals surface area contributed by atoms with E-state index in [0.29, 0.717) is 0 Å². The zero-order chi connectivity index (χ0) is 14.7. The van der Waals surface area contributed by atoms with Crippen molar-refractivity contribution in [1.29, 1.82) is 0 Å². The summed E-state index contributed by atoms with van der Waals surface area (Å²) in [5.41, 5.74) is 2.29. The number of hydrogen-bond acceptors (Lipinski definition) is 9. The van der Waals surface area contributed by atoms with E-state index in [9.17, 15) is 9.59 Å². The first-order chi connectivity index (χ1) is 9.47. The van der Waals surface area contributed by atoms with E-state index >= 15 is 0 Å². The first kappa shape index (κ1) is 13.9. The number of anilines is 2. The van der Waals surface area contributed by atoms with E-state index in [2.05, 4.69) is 25.7 Å². The second kappa shape index (κ2) is 5.65. The van der Waals surface area contributed by atoms with Crippen molar-refractivity contribution in [2.45, 2.75) is 20.0 Å². The second-order valence-electron chi connectivity index (χ2n) is 4.38. The Labute approximate surface area is 114 Å². The largest absolute Gasteiger partial charge is 0.461 e. The van der Waals surface area contributed by atoms with Crippen molar-refractivity contribution < 1.29 is 14.3 Å². The van der Waals surface area contributed by atoms with Gasteiger partial charge in [-0.15, -0.1) is 0 Å². The van der Waals surface area contributed by atoms with Crippen molar-refractivity contribution >= 4 is 23.7 Å². The number of hydrazine groups is 1. The van der Waals surface area contributed by atoms with Crippen molar-refractivity contribution in [3.05, 3.63) is 0 Å². The summed E-state index contributed by atoms with van der Waals surface area (Å²) in [5.74, 6) is 4.67. The van der Waals surface area contributed by atoms with Crippen LogP contribution in [0.2, 0.25) is 0 Å². The predicted octanol–water partition coefficient (Wildman–Crippen LogP) is -1.59. The van der Waals surface area contributed by atoms with Crippen LogP contribution in [-0.2, 0) is 9.59 Å². The molecule has 1 saturated heterocycles. The van der Waals surface area contributed by atoms with E-state index in [1.54, 1.807) is 0 Å². The van der Waals surface area contributed by atoms with Crippen LogP contribution in [0.5, 0.6) is 6.01 Å². The molecule has 1 fully saturated rings. The van der Waals surface area contributed by atoms with Gasteiger partial charge in [-0.05, 0) is 13.8 Å². The lowest BCUT2D eigenvalue weighted by molar-refractivity contribution is -0.130. The van der Waals surface area contributed by atoms with E-state index < -0.39 is 11.8 Å². The fourth-order valence-corrected chi connectivity index (χ4v) is 1.59. The minimum absolute atomic E-state index is 0.0269. The van der Waals surface area contributed by atoms with Crippen LogP contribution in [0, 0.1) is 0 Å². The van der Waals surface area contributed by atoms with Gasteiger partial charge in [-0.3, -0.25) is 20.3 Å². The van der Waals surface area contributed by atoms with E-state index in [1.807, 2.05) is 13.8 Å². The van der Waals surface area contributed by atoms with Crippen molar-refractivity contribution in [2.24, 2.45) is 5.84 Å².